The summed E-state index contributed by atoms with van der Waals surface area (Å²) >= 11 is 0. The molecule has 0 saturated carbocycles. The molecule has 2 rings (SSSR count). The summed E-state index contributed by atoms with van der Waals surface area (Å²) in [7, 11) is 0. The Labute approximate surface area is 363 Å². The maximum atomic E-state index is 11.9. The van der Waals surface area contributed by atoms with Crippen LogP contribution in [0.5, 0.6) is 0 Å². The first kappa shape index (κ1) is 55.4. The fourth-order valence-corrected chi connectivity index (χ4v) is 5.40. The monoisotopic (exact) mass is 910 g/mol. The molecule has 23 heteroatoms. The molecule has 2 aliphatic heterocycles. The molecule has 0 radical (unpaired) electrons. The largest absolute Gasteiger partial charge is 0.460 e. The van der Waals surface area contributed by atoms with E-state index < -0.39 is 176 Å². The average molecular weight is 911 g/mol. The Balaban J connectivity index is 2.34. The minimum absolute atomic E-state index is 0.0488. The van der Waals surface area contributed by atoms with Crippen LogP contribution >= 0.6 is 0 Å². The molecule has 2 heterocycles. The lowest BCUT2D eigenvalue weighted by molar-refractivity contribution is -0.330. The minimum Gasteiger partial charge on any atom is -0.460 e. The van der Waals surface area contributed by atoms with E-state index in [1.807, 2.05) is 0 Å². The Morgan fingerprint density at radius 1 is 0.571 bits per heavy atom. The van der Waals surface area contributed by atoms with Crippen LogP contribution in [-0.4, -0.2) is 217 Å². The highest BCUT2D eigenvalue weighted by Gasteiger charge is 2.57. The molecular weight excluding hydrogens is 848 g/mol. The van der Waals surface area contributed by atoms with Gasteiger partial charge in [0.25, 0.3) is 0 Å². The van der Waals surface area contributed by atoms with Crippen molar-refractivity contribution in [1.82, 2.24) is 0 Å². The maximum absolute atomic E-state index is 11.9. The lowest BCUT2D eigenvalue weighted by atomic mass is 9.98. The number of rotatable bonds is 29. The van der Waals surface area contributed by atoms with Crippen molar-refractivity contribution in [1.29, 1.82) is 0 Å². The van der Waals surface area contributed by atoms with Crippen molar-refractivity contribution in [2.45, 2.75) is 107 Å². The van der Waals surface area contributed by atoms with Gasteiger partial charge in [0.05, 0.1) is 39.6 Å². The number of ether oxygens (including phenoxy) is 11. The van der Waals surface area contributed by atoms with Gasteiger partial charge in [0.2, 0.25) is 5.79 Å². The Bertz CT molecular complexity index is 1550. The number of hydrogen-bond acceptors (Lipinski definition) is 23. The molecular formula is C40H62O23. The van der Waals surface area contributed by atoms with E-state index in [1.54, 1.807) is 0 Å². The van der Waals surface area contributed by atoms with E-state index in [0.29, 0.717) is 0 Å². The van der Waals surface area contributed by atoms with Gasteiger partial charge in [-0.25, -0.2) is 19.2 Å². The fraction of sp³-hybridized carbons (Fsp3) is 0.700. The van der Waals surface area contributed by atoms with Crippen molar-refractivity contribution in [2.24, 2.45) is 0 Å². The van der Waals surface area contributed by atoms with Gasteiger partial charge in [-0.3, -0.25) is 0 Å². The zero-order chi connectivity index (χ0) is 47.6. The second kappa shape index (κ2) is 26.9. The summed E-state index contributed by atoms with van der Waals surface area (Å²) < 4.78 is 60.3. The molecule has 63 heavy (non-hydrogen) atoms. The fourth-order valence-electron chi connectivity index (χ4n) is 5.40. The maximum Gasteiger partial charge on any atom is 0.333 e. The van der Waals surface area contributed by atoms with E-state index >= 15 is 0 Å². The molecule has 23 nitrogen and oxygen atoms in total. The molecule has 0 aliphatic carbocycles. The molecule has 4 unspecified atom stereocenters. The minimum atomic E-state index is -2.31. The summed E-state index contributed by atoms with van der Waals surface area (Å²) in [6.45, 7) is 12.5. The standard InChI is InChI=1S/C40H62O23/c1-20(2)35(49)56-13-24(42)10-53-19-40(61-17-27(45)16-59-38(52)23(7)8)34(48)31(47)29(63-40)18-60-39-33(55-12-26(44)15-58-37(51)22(5)6)32(30(46)28(9-41)62-39)54-11-25(43)14-57-36(50)21(3)4/h24-34,39,41-48H,1,3,5,7,9-19H2,2,4,6,8H3/t24?,25?,26?,27?,28-,29-,30-,31-,32+,33-,34+,39+,40-/m1/s1. The highest BCUT2D eigenvalue weighted by Crippen LogP contribution is 2.35. The van der Waals surface area contributed by atoms with Crippen LogP contribution in [0.4, 0.5) is 0 Å². The molecule has 0 bridgehead atoms. The van der Waals surface area contributed by atoms with Gasteiger partial charge in [-0.05, 0) is 27.7 Å². The number of carbonyl (C=O) groups excluding carboxylic acids is 4. The smallest absolute Gasteiger partial charge is 0.333 e. The number of hydrogen-bond donors (Lipinski definition) is 8. The van der Waals surface area contributed by atoms with Crippen molar-refractivity contribution < 1.29 is 112 Å². The first-order valence-corrected chi connectivity index (χ1v) is 19.6. The molecule has 0 aromatic rings. The highest BCUT2D eigenvalue weighted by molar-refractivity contribution is 5.88. The van der Waals surface area contributed by atoms with Gasteiger partial charge in [0.1, 0.15) is 100 Å². The van der Waals surface area contributed by atoms with Crippen LogP contribution in [0.2, 0.25) is 0 Å². The van der Waals surface area contributed by atoms with Crippen LogP contribution in [0.1, 0.15) is 27.7 Å². The first-order chi connectivity index (χ1) is 29.5. The number of aliphatic hydroxyl groups is 8. The van der Waals surface area contributed by atoms with E-state index in [-0.39, 0.29) is 22.3 Å². The van der Waals surface area contributed by atoms with E-state index in [0.717, 1.165) is 0 Å². The third kappa shape index (κ3) is 18.0. The molecule has 2 fully saturated rings. The number of aliphatic hydroxyl groups excluding tert-OH is 8. The second-order valence-corrected chi connectivity index (χ2v) is 15.0. The van der Waals surface area contributed by atoms with Crippen molar-refractivity contribution in [2.75, 3.05) is 72.7 Å². The van der Waals surface area contributed by atoms with Crippen molar-refractivity contribution in [3.05, 3.63) is 48.6 Å². The van der Waals surface area contributed by atoms with Gasteiger partial charge in [0.15, 0.2) is 6.29 Å². The number of esters is 4. The zero-order valence-corrected chi connectivity index (χ0v) is 35.7. The molecule has 0 amide bonds. The Kier molecular flexibility index (Phi) is 23.6. The molecule has 360 valence electrons. The molecule has 0 aromatic carbocycles. The number of carbonyl (C=O) groups is 4. The van der Waals surface area contributed by atoms with Crippen molar-refractivity contribution >= 4 is 23.9 Å². The van der Waals surface area contributed by atoms with Gasteiger partial charge < -0.3 is 93.0 Å². The van der Waals surface area contributed by atoms with E-state index in [1.165, 1.54) is 27.7 Å². The lowest BCUT2D eigenvalue weighted by Gasteiger charge is -2.44. The Hall–Kier alpha value is -3.76. The van der Waals surface area contributed by atoms with Crippen LogP contribution in [0.25, 0.3) is 0 Å². The molecule has 2 aliphatic rings. The third-order valence-corrected chi connectivity index (χ3v) is 8.85. The molecule has 0 aromatic heterocycles. The van der Waals surface area contributed by atoms with Crippen molar-refractivity contribution in [3.8, 4) is 0 Å². The van der Waals surface area contributed by atoms with E-state index in [9.17, 15) is 60.0 Å². The van der Waals surface area contributed by atoms with Gasteiger partial charge in [0, 0.05) is 22.3 Å². The summed E-state index contributed by atoms with van der Waals surface area (Å²) in [6, 6.07) is 0. The van der Waals surface area contributed by atoms with Gasteiger partial charge in [-0.2, -0.15) is 0 Å². The predicted octanol–water partition coefficient (Wildman–Crippen LogP) is -3.38. The predicted molar refractivity (Wildman–Crippen MR) is 211 cm³/mol. The van der Waals surface area contributed by atoms with Crippen LogP contribution in [0, 0.1) is 0 Å². The van der Waals surface area contributed by atoms with Gasteiger partial charge in [-0.1, -0.05) is 26.3 Å². The molecule has 0 spiro atoms. The van der Waals surface area contributed by atoms with Gasteiger partial charge >= 0.3 is 23.9 Å². The third-order valence-electron chi connectivity index (χ3n) is 8.85. The van der Waals surface area contributed by atoms with Crippen LogP contribution < -0.4 is 0 Å². The summed E-state index contributed by atoms with van der Waals surface area (Å²) in [5.74, 6) is -5.49. The summed E-state index contributed by atoms with van der Waals surface area (Å²) in [5, 5.41) is 85.7. The topological polar surface area (TPSA) is 332 Å². The molecule has 8 N–H and O–H groups in total. The summed E-state index contributed by atoms with van der Waals surface area (Å²) in [4.78, 5) is 47.3. The Morgan fingerprint density at radius 3 is 1.41 bits per heavy atom. The SMILES string of the molecule is C=C(C)C(=O)OCC(O)COC[C@@]1(OCC(O)COC(=O)C(=C)C)O[C@H](CO[C@H]2O[C@H](CO)[C@@H](O)[C@H](OCC(O)COC(=O)C(=C)C)[C@H]2OCC(O)COC(=O)C(=C)C)[C@@H](O)[C@@H]1O. The highest BCUT2D eigenvalue weighted by atomic mass is 16.8. The van der Waals surface area contributed by atoms with Crippen LogP contribution in [0.3, 0.4) is 0 Å². The summed E-state index contributed by atoms with van der Waals surface area (Å²) in [5.41, 5.74) is 0.241. The summed E-state index contributed by atoms with van der Waals surface area (Å²) in [6.07, 6.45) is -19.0. The first-order valence-electron chi connectivity index (χ1n) is 19.6. The van der Waals surface area contributed by atoms with Crippen molar-refractivity contribution in [3.63, 3.8) is 0 Å². The normalized spacial score (nSPS) is 27.6. The quantitative estimate of drug-likeness (QED) is 0.0206. The van der Waals surface area contributed by atoms with Crippen LogP contribution in [0.15, 0.2) is 48.6 Å². The molecule has 2 saturated heterocycles. The van der Waals surface area contributed by atoms with E-state index in [2.05, 4.69) is 26.3 Å². The van der Waals surface area contributed by atoms with E-state index in [4.69, 9.17) is 52.1 Å². The van der Waals surface area contributed by atoms with Gasteiger partial charge in [-0.15, -0.1) is 0 Å². The lowest BCUT2D eigenvalue weighted by Crippen LogP contribution is -2.62. The Morgan fingerprint density at radius 2 is 0.984 bits per heavy atom. The zero-order valence-electron chi connectivity index (χ0n) is 35.7. The van der Waals surface area contributed by atoms with Crippen LogP contribution in [-0.2, 0) is 71.3 Å². The molecule has 13 atom stereocenters. The second-order valence-electron chi connectivity index (χ2n) is 15.0. The average Bonchev–Trinajstić information content (AvgIpc) is 3.47.